The fourth-order valence-corrected chi connectivity index (χ4v) is 2.44. The number of carbonyl (C=O) groups is 1. The molecule has 1 aliphatic carbocycles. The van der Waals surface area contributed by atoms with Gasteiger partial charge in [0.15, 0.2) is 0 Å². The second kappa shape index (κ2) is 5.08. The van der Waals surface area contributed by atoms with E-state index in [-0.39, 0.29) is 11.9 Å². The molecule has 0 spiro atoms. The third-order valence-corrected chi connectivity index (χ3v) is 3.74. The van der Waals surface area contributed by atoms with Crippen LogP contribution in [0.3, 0.4) is 0 Å². The Morgan fingerprint density at radius 1 is 1.41 bits per heavy atom. The molecular weight excluding hydrogens is 284 g/mol. The largest absolute Gasteiger partial charge is 0.496 e. The lowest BCUT2D eigenvalue weighted by molar-refractivity contribution is -0.143. The highest BCUT2D eigenvalue weighted by atomic mass is 79.9. The highest BCUT2D eigenvalue weighted by Gasteiger charge is 2.38. The summed E-state index contributed by atoms with van der Waals surface area (Å²) < 4.78 is 11.0. The molecule has 17 heavy (non-hydrogen) atoms. The van der Waals surface area contributed by atoms with E-state index in [1.54, 1.807) is 7.11 Å². The van der Waals surface area contributed by atoms with E-state index in [4.69, 9.17) is 9.47 Å². The van der Waals surface area contributed by atoms with Gasteiger partial charge < -0.3 is 9.47 Å². The van der Waals surface area contributed by atoms with Gasteiger partial charge >= 0.3 is 5.97 Å². The summed E-state index contributed by atoms with van der Waals surface area (Å²) in [5.41, 5.74) is 0.972. The number of hydrogen-bond donors (Lipinski definition) is 0. The Kier molecular flexibility index (Phi) is 3.72. The molecule has 92 valence electrons. The lowest BCUT2D eigenvalue weighted by Gasteiger charge is -2.15. The Balaban J connectivity index is 2.32. The van der Waals surface area contributed by atoms with Gasteiger partial charge in [-0.2, -0.15) is 0 Å². The maximum atomic E-state index is 11.8. The molecule has 0 N–H and O–H groups in total. The molecule has 0 aliphatic heterocycles. The molecule has 0 aromatic heterocycles. The van der Waals surface area contributed by atoms with Crippen LogP contribution < -0.4 is 4.74 Å². The topological polar surface area (TPSA) is 35.5 Å². The molecule has 4 heteroatoms. The van der Waals surface area contributed by atoms with Crippen LogP contribution in [0.15, 0.2) is 22.7 Å². The Morgan fingerprint density at radius 2 is 2.12 bits per heavy atom. The minimum atomic E-state index is -0.156. The van der Waals surface area contributed by atoms with E-state index in [9.17, 15) is 4.79 Å². The van der Waals surface area contributed by atoms with E-state index in [1.807, 2.05) is 18.2 Å². The van der Waals surface area contributed by atoms with Gasteiger partial charge in [-0.05, 0) is 52.4 Å². The van der Waals surface area contributed by atoms with Crippen LogP contribution in [0.4, 0.5) is 0 Å². The molecule has 2 rings (SSSR count). The molecule has 1 fully saturated rings. The number of halogens is 1. The Morgan fingerprint density at radius 3 is 2.65 bits per heavy atom. The predicted molar refractivity (Wildman–Crippen MR) is 68.2 cm³/mol. The van der Waals surface area contributed by atoms with Crippen molar-refractivity contribution in [3.63, 3.8) is 0 Å². The van der Waals surface area contributed by atoms with Gasteiger partial charge in [-0.15, -0.1) is 0 Å². The first-order valence-electron chi connectivity index (χ1n) is 5.58. The number of methoxy groups -OCH3 is 2. The summed E-state index contributed by atoms with van der Waals surface area (Å²) >= 11 is 3.41. The van der Waals surface area contributed by atoms with E-state index < -0.39 is 0 Å². The fourth-order valence-electron chi connectivity index (χ4n) is 2.03. The second-order valence-electron chi connectivity index (χ2n) is 4.23. The minimum absolute atomic E-state index is 0.151. The molecule has 1 saturated carbocycles. The highest BCUT2D eigenvalue weighted by molar-refractivity contribution is 9.10. The van der Waals surface area contributed by atoms with E-state index in [0.29, 0.717) is 5.92 Å². The van der Waals surface area contributed by atoms with Gasteiger partial charge in [0.2, 0.25) is 0 Å². The summed E-state index contributed by atoms with van der Waals surface area (Å²) in [6.45, 7) is 0. The van der Waals surface area contributed by atoms with Crippen molar-refractivity contribution < 1.29 is 14.3 Å². The van der Waals surface area contributed by atoms with Crippen molar-refractivity contribution >= 4 is 21.9 Å². The van der Waals surface area contributed by atoms with Crippen LogP contribution >= 0.6 is 15.9 Å². The average molecular weight is 299 g/mol. The zero-order valence-corrected chi connectivity index (χ0v) is 11.5. The lowest BCUT2D eigenvalue weighted by atomic mass is 9.94. The number of carbonyl (C=O) groups excluding carboxylic acids is 1. The van der Waals surface area contributed by atoms with Gasteiger partial charge in [-0.1, -0.05) is 6.07 Å². The smallest absolute Gasteiger partial charge is 0.313 e. The molecule has 1 aromatic carbocycles. The highest BCUT2D eigenvalue weighted by Crippen LogP contribution is 2.44. The van der Waals surface area contributed by atoms with E-state index in [0.717, 1.165) is 28.6 Å². The van der Waals surface area contributed by atoms with Crippen molar-refractivity contribution in [2.75, 3.05) is 14.2 Å². The van der Waals surface area contributed by atoms with Crippen molar-refractivity contribution in [3.8, 4) is 5.75 Å². The van der Waals surface area contributed by atoms with Crippen molar-refractivity contribution in [1.29, 1.82) is 0 Å². The predicted octanol–water partition coefficient (Wildman–Crippen LogP) is 3.12. The van der Waals surface area contributed by atoms with E-state index in [2.05, 4.69) is 15.9 Å². The molecular formula is C13H15BrO3. The van der Waals surface area contributed by atoms with E-state index >= 15 is 0 Å². The van der Waals surface area contributed by atoms with Gasteiger partial charge in [0.05, 0.1) is 24.6 Å². The first-order chi connectivity index (χ1) is 8.17. The molecule has 3 nitrogen and oxygen atoms in total. The Hall–Kier alpha value is -1.03. The van der Waals surface area contributed by atoms with Crippen LogP contribution in [0.25, 0.3) is 0 Å². The zero-order valence-electron chi connectivity index (χ0n) is 9.90. The van der Waals surface area contributed by atoms with Crippen molar-refractivity contribution in [2.45, 2.75) is 18.8 Å². The van der Waals surface area contributed by atoms with Crippen molar-refractivity contribution in [1.82, 2.24) is 0 Å². The molecule has 0 radical (unpaired) electrons. The summed E-state index contributed by atoms with van der Waals surface area (Å²) in [7, 11) is 3.06. The van der Waals surface area contributed by atoms with Crippen LogP contribution in [-0.4, -0.2) is 20.2 Å². The molecule has 1 atom stereocenters. The minimum Gasteiger partial charge on any atom is -0.496 e. The monoisotopic (exact) mass is 298 g/mol. The summed E-state index contributed by atoms with van der Waals surface area (Å²) in [4.78, 5) is 11.8. The van der Waals surface area contributed by atoms with Gasteiger partial charge in [0.1, 0.15) is 5.75 Å². The standard InChI is InChI=1S/C13H15BrO3/c1-16-11-7-9(5-6-10(11)14)12(8-3-4-8)13(15)17-2/h5-8,12H,3-4H2,1-2H3. The molecule has 0 saturated heterocycles. The number of benzene rings is 1. The third kappa shape index (κ3) is 2.63. The van der Waals surface area contributed by atoms with Crippen LogP contribution in [0, 0.1) is 5.92 Å². The molecule has 0 bridgehead atoms. The van der Waals surface area contributed by atoms with Crippen LogP contribution in [0.1, 0.15) is 24.3 Å². The quantitative estimate of drug-likeness (QED) is 0.801. The normalized spacial score (nSPS) is 16.4. The Labute approximate surface area is 109 Å². The Bertz CT molecular complexity index is 427. The van der Waals surface area contributed by atoms with Gasteiger partial charge in [0, 0.05) is 0 Å². The van der Waals surface area contributed by atoms with Crippen LogP contribution in [0.5, 0.6) is 5.75 Å². The molecule has 1 aromatic rings. The van der Waals surface area contributed by atoms with Crippen LogP contribution in [-0.2, 0) is 9.53 Å². The first kappa shape index (κ1) is 12.4. The number of hydrogen-bond acceptors (Lipinski definition) is 3. The lowest BCUT2D eigenvalue weighted by Crippen LogP contribution is -2.16. The van der Waals surface area contributed by atoms with Crippen molar-refractivity contribution in [2.24, 2.45) is 5.92 Å². The zero-order chi connectivity index (χ0) is 12.4. The maximum Gasteiger partial charge on any atom is 0.313 e. The molecule has 1 aliphatic rings. The van der Waals surface area contributed by atoms with Gasteiger partial charge in [0.25, 0.3) is 0 Å². The summed E-state index contributed by atoms with van der Waals surface area (Å²) in [6, 6.07) is 5.77. The SMILES string of the molecule is COC(=O)C(c1ccc(Br)c(OC)c1)C1CC1. The third-order valence-electron chi connectivity index (χ3n) is 3.08. The maximum absolute atomic E-state index is 11.8. The molecule has 0 amide bonds. The average Bonchev–Trinajstić information content (AvgIpc) is 3.15. The first-order valence-corrected chi connectivity index (χ1v) is 6.38. The van der Waals surface area contributed by atoms with Crippen LogP contribution in [0.2, 0.25) is 0 Å². The van der Waals surface area contributed by atoms with Gasteiger partial charge in [-0.3, -0.25) is 4.79 Å². The number of rotatable bonds is 4. The fraction of sp³-hybridized carbons (Fsp3) is 0.462. The molecule has 0 heterocycles. The van der Waals surface area contributed by atoms with Crippen molar-refractivity contribution in [3.05, 3.63) is 28.2 Å². The summed E-state index contributed by atoms with van der Waals surface area (Å²) in [5, 5.41) is 0. The number of ether oxygens (including phenoxy) is 2. The van der Waals surface area contributed by atoms with Gasteiger partial charge in [-0.25, -0.2) is 0 Å². The summed E-state index contributed by atoms with van der Waals surface area (Å²) in [5.74, 6) is 0.865. The molecule has 1 unspecified atom stereocenters. The number of esters is 1. The van der Waals surface area contributed by atoms with E-state index in [1.165, 1.54) is 7.11 Å². The second-order valence-corrected chi connectivity index (χ2v) is 5.09. The summed E-state index contributed by atoms with van der Waals surface area (Å²) in [6.07, 6.45) is 2.19.